The number of quaternary nitrogens is 1. The van der Waals surface area contributed by atoms with Crippen LogP contribution in [0.2, 0.25) is 0 Å². The highest BCUT2D eigenvalue weighted by Crippen LogP contribution is 2.27. The van der Waals surface area contributed by atoms with E-state index in [2.05, 4.69) is 15.3 Å². The molecule has 0 saturated heterocycles. The summed E-state index contributed by atoms with van der Waals surface area (Å²) in [5.41, 5.74) is -0.970. The van der Waals surface area contributed by atoms with Crippen LogP contribution in [0.1, 0.15) is 5.69 Å². The summed E-state index contributed by atoms with van der Waals surface area (Å²) in [5, 5.41) is 14.6. The van der Waals surface area contributed by atoms with Gasteiger partial charge < -0.3 is 15.7 Å². The fourth-order valence-electron chi connectivity index (χ4n) is 1.98. The van der Waals surface area contributed by atoms with E-state index in [9.17, 15) is 18.3 Å². The minimum atomic E-state index is -4.48. The van der Waals surface area contributed by atoms with Crippen LogP contribution < -0.4 is 10.6 Å². The summed E-state index contributed by atoms with van der Waals surface area (Å²) >= 11 is 1.58. The lowest BCUT2D eigenvalue weighted by Crippen LogP contribution is -2.87. The highest BCUT2D eigenvalue weighted by Gasteiger charge is 2.32. The Kier molecular flexibility index (Phi) is 7.48. The van der Waals surface area contributed by atoms with E-state index in [0.717, 1.165) is 17.2 Å². The van der Waals surface area contributed by atoms with Crippen LogP contribution in [0.25, 0.3) is 0 Å². The van der Waals surface area contributed by atoms with Crippen molar-refractivity contribution in [3.05, 3.63) is 48.3 Å². The summed E-state index contributed by atoms with van der Waals surface area (Å²) < 4.78 is 37.6. The van der Waals surface area contributed by atoms with E-state index < -0.39 is 18.0 Å². The molecule has 1 heterocycles. The van der Waals surface area contributed by atoms with Crippen molar-refractivity contribution in [3.8, 4) is 0 Å². The maximum atomic E-state index is 12.5. The zero-order valence-electron chi connectivity index (χ0n) is 13.4. The van der Waals surface area contributed by atoms with Gasteiger partial charge in [0.2, 0.25) is 5.95 Å². The van der Waals surface area contributed by atoms with Crippen molar-refractivity contribution in [1.82, 2.24) is 9.97 Å². The van der Waals surface area contributed by atoms with Crippen LogP contribution >= 0.6 is 11.8 Å². The third-order valence-corrected chi connectivity index (χ3v) is 4.36. The molecule has 136 valence electrons. The normalized spacial score (nSPS) is 12.8. The zero-order chi connectivity index (χ0) is 18.1. The van der Waals surface area contributed by atoms with E-state index in [-0.39, 0.29) is 5.95 Å². The van der Waals surface area contributed by atoms with Crippen molar-refractivity contribution < 1.29 is 23.6 Å². The molecule has 0 unspecified atom stereocenters. The molecule has 0 saturated carbocycles. The number of aromatic nitrogens is 2. The number of benzene rings is 1. The molecule has 0 aliphatic rings. The standard InChI is InChI=1S/C16H19F3N4OS/c17-16(18,19)14-6-7-21-15(23-14)22-9-8-20-10-12(24)11-25-13-4-2-1-3-5-13/h1-7,12,20,24H,8-11H2,(H,21,22,23)/p+1/t12-/m0/s1. The van der Waals surface area contributed by atoms with E-state index in [1.165, 1.54) is 0 Å². The molecule has 0 fully saturated rings. The van der Waals surface area contributed by atoms with Crippen molar-refractivity contribution in [2.75, 3.05) is 30.7 Å². The van der Waals surface area contributed by atoms with E-state index >= 15 is 0 Å². The Labute approximate surface area is 148 Å². The number of anilines is 1. The molecule has 0 aliphatic carbocycles. The first-order chi connectivity index (χ1) is 11.9. The number of rotatable bonds is 9. The first kappa shape index (κ1) is 19.5. The molecule has 5 nitrogen and oxygen atoms in total. The first-order valence-corrected chi connectivity index (χ1v) is 8.75. The predicted octanol–water partition coefficient (Wildman–Crippen LogP) is 1.62. The zero-order valence-corrected chi connectivity index (χ0v) is 14.2. The molecule has 0 amide bonds. The van der Waals surface area contributed by atoms with Gasteiger partial charge in [0, 0.05) is 16.8 Å². The van der Waals surface area contributed by atoms with Gasteiger partial charge in [-0.15, -0.1) is 11.8 Å². The molecule has 0 spiro atoms. The van der Waals surface area contributed by atoms with E-state index in [4.69, 9.17) is 0 Å². The van der Waals surface area contributed by atoms with Crippen LogP contribution in [-0.2, 0) is 6.18 Å². The van der Waals surface area contributed by atoms with Gasteiger partial charge in [-0.3, -0.25) is 0 Å². The SMILES string of the molecule is O[C@@H](C[NH2+]CCNc1nccc(C(F)(F)F)n1)CSc1ccccc1. The van der Waals surface area contributed by atoms with Crippen molar-refractivity contribution in [2.24, 2.45) is 0 Å². The monoisotopic (exact) mass is 373 g/mol. The lowest BCUT2D eigenvalue weighted by molar-refractivity contribution is -0.657. The second kappa shape index (κ2) is 9.59. The Bertz CT molecular complexity index is 643. The number of alkyl halides is 3. The summed E-state index contributed by atoms with van der Waals surface area (Å²) in [4.78, 5) is 8.29. The molecular weight excluding hydrogens is 353 g/mol. The van der Waals surface area contributed by atoms with Crippen molar-refractivity contribution >= 4 is 17.7 Å². The third kappa shape index (κ3) is 7.29. The average Bonchev–Trinajstić information content (AvgIpc) is 2.60. The molecule has 1 atom stereocenters. The lowest BCUT2D eigenvalue weighted by Gasteiger charge is -2.10. The number of hydrogen-bond donors (Lipinski definition) is 3. The minimum absolute atomic E-state index is 0.0524. The summed E-state index contributed by atoms with van der Waals surface area (Å²) in [6, 6.07) is 10.6. The van der Waals surface area contributed by atoms with Gasteiger partial charge in [0.25, 0.3) is 0 Å². The van der Waals surface area contributed by atoms with Crippen molar-refractivity contribution in [1.29, 1.82) is 0 Å². The van der Waals surface area contributed by atoms with Crippen LogP contribution in [0, 0.1) is 0 Å². The fraction of sp³-hybridized carbons (Fsp3) is 0.375. The molecule has 2 rings (SSSR count). The summed E-state index contributed by atoms with van der Waals surface area (Å²) in [7, 11) is 0. The van der Waals surface area contributed by atoms with Gasteiger partial charge in [0.1, 0.15) is 18.3 Å². The Balaban J connectivity index is 1.61. The van der Waals surface area contributed by atoms with E-state index in [1.54, 1.807) is 11.8 Å². The molecule has 2 aromatic rings. The minimum Gasteiger partial charge on any atom is -0.386 e. The van der Waals surface area contributed by atoms with Gasteiger partial charge in [-0.1, -0.05) is 18.2 Å². The first-order valence-electron chi connectivity index (χ1n) is 7.77. The Hall–Kier alpha value is -1.84. The molecule has 25 heavy (non-hydrogen) atoms. The number of aliphatic hydroxyl groups is 1. The van der Waals surface area contributed by atoms with Crippen LogP contribution in [0.3, 0.4) is 0 Å². The maximum absolute atomic E-state index is 12.5. The molecule has 4 N–H and O–H groups in total. The van der Waals surface area contributed by atoms with Gasteiger partial charge in [0.05, 0.1) is 13.1 Å². The number of nitrogens with zero attached hydrogens (tertiary/aromatic N) is 2. The number of hydrogen-bond acceptors (Lipinski definition) is 5. The molecular formula is C16H20F3N4OS+. The number of thioether (sulfide) groups is 1. The molecule has 1 aromatic carbocycles. The van der Waals surface area contributed by atoms with Crippen molar-refractivity contribution in [3.63, 3.8) is 0 Å². The van der Waals surface area contributed by atoms with Crippen LogP contribution in [-0.4, -0.2) is 46.6 Å². The molecule has 1 aromatic heterocycles. The second-order valence-electron chi connectivity index (χ2n) is 5.28. The second-order valence-corrected chi connectivity index (χ2v) is 6.37. The number of aliphatic hydroxyl groups excluding tert-OH is 1. The molecule has 0 bridgehead atoms. The van der Waals surface area contributed by atoms with E-state index in [1.807, 2.05) is 35.6 Å². The van der Waals surface area contributed by atoms with E-state index in [0.29, 0.717) is 25.4 Å². The summed E-state index contributed by atoms with van der Waals surface area (Å²) in [6.45, 7) is 1.51. The average molecular weight is 373 g/mol. The van der Waals surface area contributed by atoms with Gasteiger partial charge in [-0.2, -0.15) is 13.2 Å². The summed E-state index contributed by atoms with van der Waals surface area (Å²) in [6.07, 6.45) is -3.87. The number of nitrogens with two attached hydrogens (primary N) is 1. The molecule has 9 heteroatoms. The largest absolute Gasteiger partial charge is 0.433 e. The third-order valence-electron chi connectivity index (χ3n) is 3.20. The Morgan fingerprint density at radius 2 is 1.96 bits per heavy atom. The Morgan fingerprint density at radius 1 is 1.20 bits per heavy atom. The highest BCUT2D eigenvalue weighted by molar-refractivity contribution is 7.99. The molecule has 0 aliphatic heterocycles. The fourth-order valence-corrected chi connectivity index (χ4v) is 2.85. The molecule has 0 radical (unpaired) electrons. The van der Waals surface area contributed by atoms with Crippen molar-refractivity contribution in [2.45, 2.75) is 17.2 Å². The highest BCUT2D eigenvalue weighted by atomic mass is 32.2. The maximum Gasteiger partial charge on any atom is 0.433 e. The van der Waals surface area contributed by atoms with Gasteiger partial charge in [0.15, 0.2) is 0 Å². The number of nitrogens with one attached hydrogen (secondary N) is 1. The van der Waals surface area contributed by atoms with Gasteiger partial charge >= 0.3 is 6.18 Å². The van der Waals surface area contributed by atoms with Crippen LogP contribution in [0.5, 0.6) is 0 Å². The number of halogens is 3. The quantitative estimate of drug-likeness (QED) is 0.460. The lowest BCUT2D eigenvalue weighted by atomic mass is 10.4. The van der Waals surface area contributed by atoms with Crippen LogP contribution in [0.4, 0.5) is 19.1 Å². The van der Waals surface area contributed by atoms with Gasteiger partial charge in [-0.05, 0) is 18.2 Å². The summed E-state index contributed by atoms with van der Waals surface area (Å²) in [5.74, 6) is 0.536. The van der Waals surface area contributed by atoms with Gasteiger partial charge in [-0.25, -0.2) is 9.97 Å². The topological polar surface area (TPSA) is 74.7 Å². The predicted molar refractivity (Wildman–Crippen MR) is 90.4 cm³/mol. The smallest absolute Gasteiger partial charge is 0.386 e. The Morgan fingerprint density at radius 3 is 2.68 bits per heavy atom. The van der Waals surface area contributed by atoms with Crippen LogP contribution in [0.15, 0.2) is 47.5 Å².